The summed E-state index contributed by atoms with van der Waals surface area (Å²) in [6, 6.07) is 0. The van der Waals surface area contributed by atoms with Gasteiger partial charge in [0.25, 0.3) is 0 Å². The lowest BCUT2D eigenvalue weighted by Gasteiger charge is -2.45. The van der Waals surface area contributed by atoms with Crippen LogP contribution in [0.2, 0.25) is 0 Å². The quantitative estimate of drug-likeness (QED) is 0.384. The minimum Gasteiger partial charge on any atom is -0.373 e. The summed E-state index contributed by atoms with van der Waals surface area (Å²) in [7, 11) is 1.93. The SMILES string of the molecule is CN=C(NCC(C)(C)N1CC(C)OC(C)C1)N1CC2CCCCC2C1.I. The molecule has 5 nitrogen and oxygen atoms in total. The maximum atomic E-state index is 5.90. The molecule has 0 radical (unpaired) electrons. The Hall–Kier alpha value is -0.0800. The number of likely N-dealkylation sites (tertiary alicyclic amines) is 1. The third kappa shape index (κ3) is 5.25. The molecule has 2 aliphatic heterocycles. The molecule has 2 heterocycles. The molecule has 0 aromatic heterocycles. The van der Waals surface area contributed by atoms with Gasteiger partial charge < -0.3 is 15.0 Å². The standard InChI is InChI=1S/C20H38N4O.HI/c1-15-10-24(11-16(2)25-15)20(3,4)14-22-19(21-5)23-12-17-8-6-7-9-18(17)13-23;/h15-18H,6-14H2,1-5H3,(H,21,22);1H. The zero-order valence-electron chi connectivity index (χ0n) is 17.3. The first-order valence-corrected chi connectivity index (χ1v) is 10.2. The summed E-state index contributed by atoms with van der Waals surface area (Å²) < 4.78 is 5.90. The van der Waals surface area contributed by atoms with Crippen LogP contribution in [0, 0.1) is 11.8 Å². The Morgan fingerprint density at radius 1 is 1.04 bits per heavy atom. The van der Waals surface area contributed by atoms with Gasteiger partial charge in [-0.25, -0.2) is 0 Å². The average molecular weight is 478 g/mol. The molecule has 0 bridgehead atoms. The van der Waals surface area contributed by atoms with E-state index in [1.54, 1.807) is 0 Å². The first kappa shape index (κ1) is 22.2. The highest BCUT2D eigenvalue weighted by molar-refractivity contribution is 14.0. The molecule has 3 fully saturated rings. The molecule has 4 unspecified atom stereocenters. The second-order valence-electron chi connectivity index (χ2n) is 9.09. The molecule has 0 aromatic rings. The monoisotopic (exact) mass is 478 g/mol. The zero-order chi connectivity index (χ0) is 18.0. The molecular formula is C20H39IN4O. The largest absolute Gasteiger partial charge is 0.373 e. The van der Waals surface area contributed by atoms with Gasteiger partial charge in [-0.05, 0) is 52.4 Å². The number of nitrogens with zero attached hydrogens (tertiary/aromatic N) is 3. The molecule has 0 amide bonds. The van der Waals surface area contributed by atoms with E-state index in [2.05, 4.69) is 47.8 Å². The van der Waals surface area contributed by atoms with Crippen molar-refractivity contribution in [3.8, 4) is 0 Å². The maximum absolute atomic E-state index is 5.90. The van der Waals surface area contributed by atoms with Gasteiger partial charge >= 0.3 is 0 Å². The van der Waals surface area contributed by atoms with Crippen molar-refractivity contribution in [1.29, 1.82) is 0 Å². The van der Waals surface area contributed by atoms with Gasteiger partial charge in [-0.2, -0.15) is 0 Å². The van der Waals surface area contributed by atoms with Crippen molar-refractivity contribution in [2.24, 2.45) is 16.8 Å². The van der Waals surface area contributed by atoms with E-state index in [0.29, 0.717) is 12.2 Å². The van der Waals surface area contributed by atoms with E-state index in [4.69, 9.17) is 4.74 Å². The number of fused-ring (bicyclic) bond motifs is 1. The Morgan fingerprint density at radius 3 is 2.08 bits per heavy atom. The van der Waals surface area contributed by atoms with Crippen LogP contribution in [0.15, 0.2) is 4.99 Å². The van der Waals surface area contributed by atoms with Crippen LogP contribution in [-0.2, 0) is 4.74 Å². The molecule has 4 atom stereocenters. The van der Waals surface area contributed by atoms with E-state index in [1.165, 1.54) is 38.8 Å². The van der Waals surface area contributed by atoms with E-state index in [1.807, 2.05) is 7.05 Å². The average Bonchev–Trinajstić information content (AvgIpc) is 2.98. The van der Waals surface area contributed by atoms with Crippen LogP contribution >= 0.6 is 24.0 Å². The molecule has 2 saturated heterocycles. The molecule has 1 saturated carbocycles. The molecular weight excluding hydrogens is 439 g/mol. The third-order valence-electron chi connectivity index (χ3n) is 6.44. The Morgan fingerprint density at radius 2 is 1.58 bits per heavy atom. The molecule has 0 aromatic carbocycles. The predicted octanol–water partition coefficient (Wildman–Crippen LogP) is 3.19. The number of aliphatic imine (C=N–C) groups is 1. The van der Waals surface area contributed by atoms with Crippen LogP contribution in [0.4, 0.5) is 0 Å². The van der Waals surface area contributed by atoms with E-state index < -0.39 is 0 Å². The van der Waals surface area contributed by atoms with Crippen LogP contribution in [0.5, 0.6) is 0 Å². The van der Waals surface area contributed by atoms with Gasteiger partial charge in [0, 0.05) is 45.3 Å². The molecule has 152 valence electrons. The zero-order valence-corrected chi connectivity index (χ0v) is 19.7. The lowest BCUT2D eigenvalue weighted by molar-refractivity contribution is -0.0947. The topological polar surface area (TPSA) is 40.1 Å². The normalized spacial score (nSPS) is 33.6. The summed E-state index contributed by atoms with van der Waals surface area (Å²) in [5, 5.41) is 3.68. The second kappa shape index (κ2) is 9.41. The van der Waals surface area contributed by atoms with Gasteiger partial charge in [0.2, 0.25) is 0 Å². The number of nitrogens with one attached hydrogen (secondary N) is 1. The summed E-state index contributed by atoms with van der Waals surface area (Å²) in [5.41, 5.74) is 0.0920. The Bertz CT molecular complexity index is 460. The van der Waals surface area contributed by atoms with Crippen molar-refractivity contribution < 1.29 is 4.74 Å². The summed E-state index contributed by atoms with van der Waals surface area (Å²) >= 11 is 0. The Kier molecular flexibility index (Phi) is 8.04. The number of ether oxygens (including phenoxy) is 1. The lowest BCUT2D eigenvalue weighted by Crippen LogP contribution is -2.59. The van der Waals surface area contributed by atoms with Gasteiger partial charge in [-0.3, -0.25) is 9.89 Å². The number of rotatable bonds is 3. The van der Waals surface area contributed by atoms with E-state index in [9.17, 15) is 0 Å². The van der Waals surface area contributed by atoms with E-state index in [0.717, 1.165) is 37.4 Å². The molecule has 1 N–H and O–H groups in total. The number of guanidine groups is 1. The first-order chi connectivity index (χ1) is 11.9. The highest BCUT2D eigenvalue weighted by atomic mass is 127. The first-order valence-electron chi connectivity index (χ1n) is 10.2. The fraction of sp³-hybridized carbons (Fsp3) is 0.950. The highest BCUT2D eigenvalue weighted by Crippen LogP contribution is 2.36. The molecule has 1 aliphatic carbocycles. The van der Waals surface area contributed by atoms with Crippen LogP contribution < -0.4 is 5.32 Å². The number of halogens is 1. The molecule has 3 rings (SSSR count). The van der Waals surface area contributed by atoms with Crippen molar-refractivity contribution in [2.75, 3.05) is 39.8 Å². The van der Waals surface area contributed by atoms with Gasteiger partial charge in [0.15, 0.2) is 5.96 Å². The highest BCUT2D eigenvalue weighted by Gasteiger charge is 2.37. The molecule has 3 aliphatic rings. The summed E-state index contributed by atoms with van der Waals surface area (Å²) in [5.74, 6) is 2.87. The van der Waals surface area contributed by atoms with Crippen molar-refractivity contribution >= 4 is 29.9 Å². The minimum absolute atomic E-state index is 0. The van der Waals surface area contributed by atoms with E-state index >= 15 is 0 Å². The smallest absolute Gasteiger partial charge is 0.193 e. The van der Waals surface area contributed by atoms with Gasteiger partial charge in [-0.15, -0.1) is 24.0 Å². The maximum Gasteiger partial charge on any atom is 0.193 e. The number of morpholine rings is 1. The Balaban J connectivity index is 0.00000243. The van der Waals surface area contributed by atoms with Crippen LogP contribution in [0.1, 0.15) is 53.4 Å². The fourth-order valence-electron chi connectivity index (χ4n) is 4.99. The van der Waals surface area contributed by atoms with Crippen molar-refractivity contribution in [2.45, 2.75) is 71.1 Å². The lowest BCUT2D eigenvalue weighted by atomic mass is 9.82. The predicted molar refractivity (Wildman–Crippen MR) is 119 cm³/mol. The van der Waals surface area contributed by atoms with Crippen molar-refractivity contribution in [1.82, 2.24) is 15.1 Å². The van der Waals surface area contributed by atoms with E-state index in [-0.39, 0.29) is 29.5 Å². The molecule has 26 heavy (non-hydrogen) atoms. The third-order valence-corrected chi connectivity index (χ3v) is 6.44. The fourth-order valence-corrected chi connectivity index (χ4v) is 4.99. The number of hydrogen-bond acceptors (Lipinski definition) is 3. The number of hydrogen-bond donors (Lipinski definition) is 1. The van der Waals surface area contributed by atoms with Gasteiger partial charge in [0.1, 0.15) is 0 Å². The minimum atomic E-state index is 0. The molecule has 6 heteroatoms. The van der Waals surface area contributed by atoms with Crippen LogP contribution in [0.3, 0.4) is 0 Å². The molecule has 0 spiro atoms. The van der Waals surface area contributed by atoms with Gasteiger partial charge in [0.05, 0.1) is 12.2 Å². The summed E-state index contributed by atoms with van der Waals surface area (Å²) in [6.07, 6.45) is 6.27. The van der Waals surface area contributed by atoms with Crippen molar-refractivity contribution in [3.05, 3.63) is 0 Å². The van der Waals surface area contributed by atoms with Gasteiger partial charge in [-0.1, -0.05) is 12.8 Å². The Labute approximate surface area is 177 Å². The summed E-state index contributed by atoms with van der Waals surface area (Å²) in [6.45, 7) is 14.3. The second-order valence-corrected chi connectivity index (χ2v) is 9.09. The summed E-state index contributed by atoms with van der Waals surface area (Å²) in [4.78, 5) is 9.66. The van der Waals surface area contributed by atoms with Crippen molar-refractivity contribution in [3.63, 3.8) is 0 Å². The van der Waals surface area contributed by atoms with Crippen LogP contribution in [0.25, 0.3) is 0 Å². The van der Waals surface area contributed by atoms with Crippen LogP contribution in [-0.4, -0.2) is 73.3 Å².